The number of carbonyl (C=O) groups excluding carboxylic acids is 1. The zero-order valence-electron chi connectivity index (χ0n) is 15.8. The smallest absolute Gasteiger partial charge is 0.250 e. The van der Waals surface area contributed by atoms with Gasteiger partial charge in [-0.1, -0.05) is 29.4 Å². The predicted octanol–water partition coefficient (Wildman–Crippen LogP) is 4.09. The largest absolute Gasteiger partial charge is 0.316 e. The molecule has 0 aliphatic carbocycles. The molecule has 0 bridgehead atoms. The molecule has 3 rings (SSSR count). The van der Waals surface area contributed by atoms with Crippen molar-refractivity contribution in [2.24, 2.45) is 5.10 Å². The number of hydrogen-bond donors (Lipinski definition) is 1. The van der Waals surface area contributed by atoms with Gasteiger partial charge in [0, 0.05) is 28.3 Å². The molecule has 0 atom stereocenters. The minimum atomic E-state index is -0.222. The molecular weight excluding hydrogens is 394 g/mol. The van der Waals surface area contributed by atoms with Crippen LogP contribution in [0.25, 0.3) is 5.69 Å². The maximum atomic E-state index is 12.0. The van der Waals surface area contributed by atoms with Crippen LogP contribution in [0.5, 0.6) is 0 Å². The monoisotopic (exact) mass is 413 g/mol. The molecule has 2 heterocycles. The minimum Gasteiger partial charge on any atom is -0.316 e. The number of rotatable bonds is 6. The Balaban J connectivity index is 1.60. The zero-order chi connectivity index (χ0) is 20.1. The highest BCUT2D eigenvalue weighted by molar-refractivity contribution is 7.99. The van der Waals surface area contributed by atoms with Gasteiger partial charge in [0.2, 0.25) is 0 Å². The van der Waals surface area contributed by atoms with Gasteiger partial charge in [-0.15, -0.1) is 0 Å². The van der Waals surface area contributed by atoms with E-state index in [-0.39, 0.29) is 11.7 Å². The molecule has 1 amide bonds. The molecule has 0 aliphatic rings. The van der Waals surface area contributed by atoms with Crippen molar-refractivity contribution in [1.29, 1.82) is 0 Å². The fourth-order valence-corrected chi connectivity index (χ4v) is 3.47. The lowest BCUT2D eigenvalue weighted by Gasteiger charge is -2.08. The van der Waals surface area contributed by atoms with Crippen molar-refractivity contribution in [2.75, 3.05) is 5.75 Å². The maximum absolute atomic E-state index is 12.0. The molecule has 0 spiro atoms. The SMILES string of the molecule is Cc1cc(C)nc(SCC(=O)NN=Cc2cccn2-c2ccc(C)c(Cl)c2)n1. The van der Waals surface area contributed by atoms with Crippen LogP contribution in [0, 0.1) is 20.8 Å². The number of amides is 1. The lowest BCUT2D eigenvalue weighted by Crippen LogP contribution is -2.20. The van der Waals surface area contributed by atoms with Crippen LogP contribution in [-0.2, 0) is 4.79 Å². The Kier molecular flexibility index (Phi) is 6.49. The predicted molar refractivity (Wildman–Crippen MR) is 113 cm³/mol. The van der Waals surface area contributed by atoms with E-state index in [1.54, 1.807) is 6.21 Å². The average molecular weight is 414 g/mol. The van der Waals surface area contributed by atoms with Crippen LogP contribution in [0.2, 0.25) is 5.02 Å². The molecule has 144 valence electrons. The number of aromatic nitrogens is 3. The first-order chi connectivity index (χ1) is 13.4. The van der Waals surface area contributed by atoms with Crippen molar-refractivity contribution in [3.63, 3.8) is 0 Å². The molecular formula is C20H20ClN5OS. The van der Waals surface area contributed by atoms with E-state index in [1.165, 1.54) is 11.8 Å². The van der Waals surface area contributed by atoms with Crippen LogP contribution >= 0.6 is 23.4 Å². The highest BCUT2D eigenvalue weighted by Gasteiger charge is 2.06. The second-order valence-corrected chi connectivity index (χ2v) is 7.60. The molecule has 0 fully saturated rings. The quantitative estimate of drug-likeness (QED) is 0.286. The summed E-state index contributed by atoms with van der Waals surface area (Å²) < 4.78 is 1.94. The summed E-state index contributed by atoms with van der Waals surface area (Å²) in [5.41, 5.74) is 7.06. The van der Waals surface area contributed by atoms with E-state index in [4.69, 9.17) is 11.6 Å². The lowest BCUT2D eigenvalue weighted by atomic mass is 10.2. The number of hydrogen-bond acceptors (Lipinski definition) is 5. The fraction of sp³-hybridized carbons (Fsp3) is 0.200. The number of hydrazone groups is 1. The Labute approximate surface area is 173 Å². The third kappa shape index (κ3) is 5.21. The van der Waals surface area contributed by atoms with E-state index in [1.807, 2.05) is 67.9 Å². The summed E-state index contributed by atoms with van der Waals surface area (Å²) >= 11 is 7.50. The molecule has 1 N–H and O–H groups in total. The summed E-state index contributed by atoms with van der Waals surface area (Å²) in [6.45, 7) is 5.76. The van der Waals surface area contributed by atoms with E-state index >= 15 is 0 Å². The summed E-state index contributed by atoms with van der Waals surface area (Å²) in [7, 11) is 0. The Hall–Kier alpha value is -2.64. The number of nitrogens with zero attached hydrogens (tertiary/aromatic N) is 4. The Morgan fingerprint density at radius 1 is 1.21 bits per heavy atom. The van der Waals surface area contributed by atoms with E-state index in [2.05, 4.69) is 20.5 Å². The highest BCUT2D eigenvalue weighted by Crippen LogP contribution is 2.20. The molecule has 0 radical (unpaired) electrons. The summed E-state index contributed by atoms with van der Waals surface area (Å²) in [4.78, 5) is 20.6. The first-order valence-electron chi connectivity index (χ1n) is 8.63. The van der Waals surface area contributed by atoms with Gasteiger partial charge in [-0.2, -0.15) is 5.10 Å². The summed E-state index contributed by atoms with van der Waals surface area (Å²) in [6, 6.07) is 11.5. The van der Waals surface area contributed by atoms with Gasteiger partial charge >= 0.3 is 0 Å². The molecule has 3 aromatic rings. The number of benzene rings is 1. The van der Waals surface area contributed by atoms with Crippen LogP contribution < -0.4 is 5.43 Å². The second kappa shape index (κ2) is 9.03. The summed E-state index contributed by atoms with van der Waals surface area (Å²) in [6.07, 6.45) is 3.51. The van der Waals surface area contributed by atoms with Crippen molar-refractivity contribution in [2.45, 2.75) is 25.9 Å². The minimum absolute atomic E-state index is 0.189. The number of nitrogens with one attached hydrogen (secondary N) is 1. The van der Waals surface area contributed by atoms with E-state index < -0.39 is 0 Å². The number of carbonyl (C=O) groups is 1. The van der Waals surface area contributed by atoms with Crippen LogP contribution in [-0.4, -0.2) is 32.4 Å². The van der Waals surface area contributed by atoms with Gasteiger partial charge in [-0.25, -0.2) is 15.4 Å². The van der Waals surface area contributed by atoms with Gasteiger partial charge < -0.3 is 4.57 Å². The second-order valence-electron chi connectivity index (χ2n) is 6.25. The Morgan fingerprint density at radius 2 is 1.96 bits per heavy atom. The van der Waals surface area contributed by atoms with Gasteiger partial charge in [0.25, 0.3) is 5.91 Å². The van der Waals surface area contributed by atoms with Gasteiger partial charge in [0.05, 0.1) is 17.7 Å². The van der Waals surface area contributed by atoms with Crippen molar-refractivity contribution < 1.29 is 4.79 Å². The molecule has 6 nitrogen and oxygen atoms in total. The fourth-order valence-electron chi connectivity index (χ4n) is 2.56. The van der Waals surface area contributed by atoms with Gasteiger partial charge in [0.1, 0.15) is 0 Å². The van der Waals surface area contributed by atoms with Gasteiger partial charge in [-0.05, 0) is 56.7 Å². The van der Waals surface area contributed by atoms with Crippen molar-refractivity contribution in [3.05, 3.63) is 70.3 Å². The number of aryl methyl sites for hydroxylation is 3. The Morgan fingerprint density at radius 3 is 2.68 bits per heavy atom. The molecule has 0 saturated carbocycles. The van der Waals surface area contributed by atoms with Crippen LogP contribution in [0.3, 0.4) is 0 Å². The van der Waals surface area contributed by atoms with Crippen LogP contribution in [0.15, 0.2) is 52.9 Å². The lowest BCUT2D eigenvalue weighted by molar-refractivity contribution is -0.118. The Bertz CT molecular complexity index is 1010. The van der Waals surface area contributed by atoms with E-state index in [0.717, 1.165) is 28.3 Å². The number of thioether (sulfide) groups is 1. The first-order valence-corrected chi connectivity index (χ1v) is 9.99. The zero-order valence-corrected chi connectivity index (χ0v) is 17.4. The maximum Gasteiger partial charge on any atom is 0.250 e. The third-order valence-corrected chi connectivity index (χ3v) is 5.15. The molecule has 0 aliphatic heterocycles. The standard InChI is InChI=1S/C20H20ClN5OS/c1-13-6-7-16(10-18(13)21)26-8-4-5-17(26)11-22-25-19(27)12-28-20-23-14(2)9-15(3)24-20/h4-11H,12H2,1-3H3,(H,25,27). The molecule has 2 aromatic heterocycles. The van der Waals surface area contributed by atoms with Crippen LogP contribution in [0.1, 0.15) is 22.6 Å². The topological polar surface area (TPSA) is 72.2 Å². The van der Waals surface area contributed by atoms with Crippen molar-refractivity contribution in [3.8, 4) is 5.69 Å². The summed E-state index contributed by atoms with van der Waals surface area (Å²) in [5, 5.41) is 5.34. The molecule has 0 saturated heterocycles. The summed E-state index contributed by atoms with van der Waals surface area (Å²) in [5.74, 6) is -0.0325. The molecule has 8 heteroatoms. The van der Waals surface area contributed by atoms with E-state index in [0.29, 0.717) is 10.2 Å². The molecule has 28 heavy (non-hydrogen) atoms. The van der Waals surface area contributed by atoms with Crippen molar-refractivity contribution >= 4 is 35.5 Å². The number of halogens is 1. The van der Waals surface area contributed by atoms with E-state index in [9.17, 15) is 4.79 Å². The first kappa shape index (κ1) is 20.1. The molecule has 1 aromatic carbocycles. The third-order valence-electron chi connectivity index (χ3n) is 3.89. The average Bonchev–Trinajstić information content (AvgIpc) is 3.10. The van der Waals surface area contributed by atoms with Crippen LogP contribution in [0.4, 0.5) is 0 Å². The van der Waals surface area contributed by atoms with Gasteiger partial charge in [-0.3, -0.25) is 4.79 Å². The van der Waals surface area contributed by atoms with Crippen molar-refractivity contribution in [1.82, 2.24) is 20.0 Å². The normalized spacial score (nSPS) is 11.1. The van der Waals surface area contributed by atoms with Gasteiger partial charge in [0.15, 0.2) is 5.16 Å². The molecule has 0 unspecified atom stereocenters. The highest BCUT2D eigenvalue weighted by atomic mass is 35.5.